The van der Waals surface area contributed by atoms with E-state index in [1.807, 2.05) is 31.2 Å². The lowest BCUT2D eigenvalue weighted by Gasteiger charge is -2.09. The third kappa shape index (κ3) is 2.45. The molecule has 0 atom stereocenters. The summed E-state index contributed by atoms with van der Waals surface area (Å²) in [6.45, 7) is 11.3. The molecule has 3 rings (SSSR count). The van der Waals surface area contributed by atoms with Gasteiger partial charge in [0.25, 0.3) is 5.56 Å². The van der Waals surface area contributed by atoms with Gasteiger partial charge in [0.05, 0.1) is 0 Å². The van der Waals surface area contributed by atoms with E-state index in [0.717, 1.165) is 23.7 Å². The summed E-state index contributed by atoms with van der Waals surface area (Å²) in [6.07, 6.45) is 3.63. The van der Waals surface area contributed by atoms with E-state index in [4.69, 9.17) is 0 Å². The van der Waals surface area contributed by atoms with E-state index in [1.54, 1.807) is 13.1 Å². The standard InChI is InChI=1S/C18H25N5O2/c1-7-8-9-21-16(24)14-15(20(6)18(21)25)19-17-22(10-11(2)3)12(4)13(5)23(14)17/h7-8,11H,9-10H2,1-6H3. The maximum atomic E-state index is 13.0. The summed E-state index contributed by atoms with van der Waals surface area (Å²) >= 11 is 0. The smallest absolute Gasteiger partial charge is 0.314 e. The Balaban J connectivity index is 2.48. The minimum atomic E-state index is -0.346. The average molecular weight is 343 g/mol. The van der Waals surface area contributed by atoms with E-state index in [-0.39, 0.29) is 17.8 Å². The topological polar surface area (TPSA) is 66.2 Å². The molecule has 134 valence electrons. The van der Waals surface area contributed by atoms with Crippen LogP contribution in [0.15, 0.2) is 21.7 Å². The quantitative estimate of drug-likeness (QED) is 0.681. The van der Waals surface area contributed by atoms with Crippen molar-refractivity contribution in [1.29, 1.82) is 0 Å². The molecule has 0 fully saturated rings. The minimum absolute atomic E-state index is 0.260. The van der Waals surface area contributed by atoms with E-state index in [2.05, 4.69) is 23.4 Å². The molecule has 0 aliphatic rings. The number of imidazole rings is 2. The number of aryl methyl sites for hydroxylation is 2. The third-order valence-electron chi connectivity index (χ3n) is 4.70. The number of aromatic nitrogens is 5. The molecule has 0 spiro atoms. The molecule has 7 nitrogen and oxygen atoms in total. The van der Waals surface area contributed by atoms with Crippen LogP contribution in [0.4, 0.5) is 0 Å². The van der Waals surface area contributed by atoms with Gasteiger partial charge >= 0.3 is 5.69 Å². The molecular formula is C18H25N5O2. The average Bonchev–Trinajstić information content (AvgIpc) is 3.05. The van der Waals surface area contributed by atoms with Gasteiger partial charge in [-0.25, -0.2) is 4.79 Å². The lowest BCUT2D eigenvalue weighted by Crippen LogP contribution is -2.39. The Kier molecular flexibility index (Phi) is 4.18. The Hall–Kier alpha value is -2.57. The highest BCUT2D eigenvalue weighted by atomic mass is 16.2. The van der Waals surface area contributed by atoms with Crippen LogP contribution in [0.25, 0.3) is 16.9 Å². The molecule has 0 radical (unpaired) electrons. The first kappa shape index (κ1) is 17.3. The van der Waals surface area contributed by atoms with Crippen LogP contribution in [0.3, 0.4) is 0 Å². The number of rotatable bonds is 4. The first-order valence-corrected chi connectivity index (χ1v) is 8.58. The van der Waals surface area contributed by atoms with Crippen molar-refractivity contribution >= 4 is 16.9 Å². The van der Waals surface area contributed by atoms with Crippen LogP contribution < -0.4 is 11.2 Å². The normalized spacial score (nSPS) is 12.4. The Labute approximate surface area is 145 Å². The summed E-state index contributed by atoms with van der Waals surface area (Å²) in [5.41, 5.74) is 2.32. The molecule has 0 aliphatic heterocycles. The Morgan fingerprint density at radius 2 is 1.80 bits per heavy atom. The number of fused-ring (bicyclic) bond motifs is 3. The van der Waals surface area contributed by atoms with Crippen LogP contribution in [0.2, 0.25) is 0 Å². The second kappa shape index (κ2) is 6.06. The molecular weight excluding hydrogens is 318 g/mol. The fourth-order valence-corrected chi connectivity index (χ4v) is 3.27. The van der Waals surface area contributed by atoms with Gasteiger partial charge in [0.15, 0.2) is 11.2 Å². The molecule has 3 aromatic rings. The third-order valence-corrected chi connectivity index (χ3v) is 4.70. The zero-order valence-corrected chi connectivity index (χ0v) is 15.7. The zero-order valence-electron chi connectivity index (χ0n) is 15.7. The Bertz CT molecular complexity index is 1110. The van der Waals surface area contributed by atoms with Crippen molar-refractivity contribution in [2.75, 3.05) is 0 Å². The first-order valence-electron chi connectivity index (χ1n) is 8.58. The highest BCUT2D eigenvalue weighted by Gasteiger charge is 2.22. The molecule has 0 unspecified atom stereocenters. The predicted molar refractivity (Wildman–Crippen MR) is 99.3 cm³/mol. The summed E-state index contributed by atoms with van der Waals surface area (Å²) < 4.78 is 6.73. The zero-order chi connectivity index (χ0) is 18.5. The van der Waals surface area contributed by atoms with Crippen LogP contribution in [-0.4, -0.2) is 23.1 Å². The second-order valence-corrected chi connectivity index (χ2v) is 6.92. The highest BCUT2D eigenvalue weighted by molar-refractivity contribution is 5.76. The molecule has 0 aliphatic carbocycles. The Morgan fingerprint density at radius 3 is 2.40 bits per heavy atom. The molecule has 0 aromatic carbocycles. The summed E-state index contributed by atoms with van der Waals surface area (Å²) in [5, 5.41) is 0. The summed E-state index contributed by atoms with van der Waals surface area (Å²) in [4.78, 5) is 30.2. The summed E-state index contributed by atoms with van der Waals surface area (Å²) in [5.74, 6) is 1.17. The van der Waals surface area contributed by atoms with Gasteiger partial charge < -0.3 is 4.57 Å². The van der Waals surface area contributed by atoms with Crippen molar-refractivity contribution in [2.45, 2.75) is 47.7 Å². The van der Waals surface area contributed by atoms with Gasteiger partial charge in [0.1, 0.15) is 0 Å². The minimum Gasteiger partial charge on any atom is -0.314 e. The number of hydrogen-bond acceptors (Lipinski definition) is 3. The molecule has 25 heavy (non-hydrogen) atoms. The van der Waals surface area contributed by atoms with Gasteiger partial charge in [0.2, 0.25) is 5.78 Å². The largest absolute Gasteiger partial charge is 0.332 e. The Morgan fingerprint density at radius 1 is 1.12 bits per heavy atom. The maximum Gasteiger partial charge on any atom is 0.332 e. The molecule has 7 heteroatoms. The fourth-order valence-electron chi connectivity index (χ4n) is 3.27. The van der Waals surface area contributed by atoms with E-state index in [9.17, 15) is 9.59 Å². The lowest BCUT2D eigenvalue weighted by molar-refractivity contribution is 0.524. The van der Waals surface area contributed by atoms with E-state index in [1.165, 1.54) is 9.13 Å². The van der Waals surface area contributed by atoms with E-state index in [0.29, 0.717) is 17.1 Å². The first-order chi connectivity index (χ1) is 11.8. The van der Waals surface area contributed by atoms with Crippen LogP contribution in [-0.2, 0) is 20.1 Å². The van der Waals surface area contributed by atoms with Gasteiger partial charge in [-0.1, -0.05) is 26.0 Å². The van der Waals surface area contributed by atoms with E-state index < -0.39 is 0 Å². The van der Waals surface area contributed by atoms with Crippen LogP contribution >= 0.6 is 0 Å². The molecule has 0 bridgehead atoms. The van der Waals surface area contributed by atoms with Crippen LogP contribution in [0.1, 0.15) is 32.2 Å². The SMILES string of the molecule is CC=CCn1c(=O)c2c(nc3n(CC(C)C)c(C)c(C)n23)n(C)c1=O. The number of nitrogens with zero attached hydrogens (tertiary/aromatic N) is 5. The molecule has 0 amide bonds. The van der Waals surface area contributed by atoms with Gasteiger partial charge in [0, 0.05) is 31.5 Å². The van der Waals surface area contributed by atoms with Crippen molar-refractivity contribution in [3.63, 3.8) is 0 Å². The van der Waals surface area contributed by atoms with Crippen molar-refractivity contribution in [2.24, 2.45) is 13.0 Å². The fraction of sp³-hybridized carbons (Fsp3) is 0.500. The van der Waals surface area contributed by atoms with Crippen molar-refractivity contribution < 1.29 is 0 Å². The van der Waals surface area contributed by atoms with Crippen molar-refractivity contribution in [1.82, 2.24) is 23.1 Å². The van der Waals surface area contributed by atoms with Crippen LogP contribution in [0, 0.1) is 19.8 Å². The van der Waals surface area contributed by atoms with E-state index >= 15 is 0 Å². The number of hydrogen-bond donors (Lipinski definition) is 0. The summed E-state index contributed by atoms with van der Waals surface area (Å²) in [7, 11) is 1.66. The van der Waals surface area contributed by atoms with Gasteiger partial charge in [-0.05, 0) is 26.7 Å². The second-order valence-electron chi connectivity index (χ2n) is 6.92. The van der Waals surface area contributed by atoms with Crippen LogP contribution in [0.5, 0.6) is 0 Å². The van der Waals surface area contributed by atoms with Crippen molar-refractivity contribution in [3.05, 3.63) is 44.4 Å². The predicted octanol–water partition coefficient (Wildman–Crippen LogP) is 2.00. The van der Waals surface area contributed by atoms with Crippen molar-refractivity contribution in [3.8, 4) is 0 Å². The lowest BCUT2D eigenvalue weighted by atomic mass is 10.2. The summed E-state index contributed by atoms with van der Waals surface area (Å²) in [6, 6.07) is 0. The molecule has 0 saturated carbocycles. The maximum absolute atomic E-state index is 13.0. The monoisotopic (exact) mass is 343 g/mol. The number of allylic oxidation sites excluding steroid dienone is 2. The molecule has 3 aromatic heterocycles. The molecule has 3 heterocycles. The molecule has 0 N–H and O–H groups in total. The molecule has 0 saturated heterocycles. The van der Waals surface area contributed by atoms with Gasteiger partial charge in [-0.3, -0.25) is 18.3 Å². The van der Waals surface area contributed by atoms with Gasteiger partial charge in [-0.15, -0.1) is 0 Å². The highest BCUT2D eigenvalue weighted by Crippen LogP contribution is 2.21. The van der Waals surface area contributed by atoms with Gasteiger partial charge in [-0.2, -0.15) is 4.98 Å².